The third-order valence-corrected chi connectivity index (χ3v) is 2.74. The molecule has 0 saturated heterocycles. The number of aromatic nitrogens is 1. The largest absolute Gasteiger partial charge is 0.478 e. The number of fused-ring (bicyclic) bond motifs is 1. The monoisotopic (exact) mass is 259 g/mol. The molecule has 4 N–H and O–H groups in total. The Morgan fingerprint density at radius 2 is 2.05 bits per heavy atom. The van der Waals surface area contributed by atoms with Gasteiger partial charge >= 0.3 is 5.97 Å². The Balaban J connectivity index is 2.52. The smallest absolute Gasteiger partial charge is 0.336 e. The average molecular weight is 259 g/mol. The van der Waals surface area contributed by atoms with Crippen molar-refractivity contribution in [3.8, 4) is 0 Å². The van der Waals surface area contributed by atoms with Gasteiger partial charge in [0.1, 0.15) is 11.9 Å². The van der Waals surface area contributed by atoms with E-state index < -0.39 is 17.9 Å². The van der Waals surface area contributed by atoms with Gasteiger partial charge in [-0.1, -0.05) is 18.2 Å². The highest BCUT2D eigenvalue weighted by molar-refractivity contribution is 6.03. The summed E-state index contributed by atoms with van der Waals surface area (Å²) in [4.78, 5) is 26.5. The molecule has 0 bridgehead atoms. The highest BCUT2D eigenvalue weighted by Crippen LogP contribution is 2.21. The summed E-state index contributed by atoms with van der Waals surface area (Å²) in [7, 11) is 0. The van der Waals surface area contributed by atoms with Crippen molar-refractivity contribution in [2.75, 3.05) is 5.32 Å². The second-order valence-electron chi connectivity index (χ2n) is 4.15. The summed E-state index contributed by atoms with van der Waals surface area (Å²) in [6.07, 6.45) is 0. The van der Waals surface area contributed by atoms with Crippen molar-refractivity contribution in [3.05, 3.63) is 35.9 Å². The molecule has 1 unspecified atom stereocenters. The van der Waals surface area contributed by atoms with E-state index in [1.807, 2.05) is 0 Å². The molecule has 6 nitrogen and oxygen atoms in total. The van der Waals surface area contributed by atoms with Crippen LogP contribution in [0.3, 0.4) is 0 Å². The number of anilines is 1. The van der Waals surface area contributed by atoms with Crippen molar-refractivity contribution in [2.24, 2.45) is 5.73 Å². The first-order valence-electron chi connectivity index (χ1n) is 5.68. The first kappa shape index (κ1) is 12.8. The van der Waals surface area contributed by atoms with Crippen LogP contribution in [0, 0.1) is 0 Å². The van der Waals surface area contributed by atoms with E-state index in [0.29, 0.717) is 16.7 Å². The second kappa shape index (κ2) is 4.93. The molecule has 2 rings (SSSR count). The number of para-hydroxylation sites is 1. The summed E-state index contributed by atoms with van der Waals surface area (Å²) in [5.41, 5.74) is 5.82. The van der Waals surface area contributed by atoms with Gasteiger partial charge in [0.2, 0.25) is 5.91 Å². The Kier molecular flexibility index (Phi) is 3.33. The minimum Gasteiger partial charge on any atom is -0.478 e. The zero-order valence-corrected chi connectivity index (χ0v) is 10.3. The van der Waals surface area contributed by atoms with Crippen molar-refractivity contribution < 1.29 is 14.7 Å². The molecule has 0 aliphatic heterocycles. The number of rotatable bonds is 4. The van der Waals surface area contributed by atoms with E-state index in [0.717, 1.165) is 0 Å². The number of hydrogen-bond acceptors (Lipinski definition) is 4. The lowest BCUT2D eigenvalue weighted by molar-refractivity contribution is -0.118. The summed E-state index contributed by atoms with van der Waals surface area (Å²) in [5.74, 6) is -1.28. The fourth-order valence-electron chi connectivity index (χ4n) is 1.72. The van der Waals surface area contributed by atoms with Crippen LogP contribution in [0.2, 0.25) is 0 Å². The van der Waals surface area contributed by atoms with Crippen LogP contribution in [0.25, 0.3) is 10.9 Å². The van der Waals surface area contributed by atoms with Crippen LogP contribution in [-0.2, 0) is 4.79 Å². The minimum atomic E-state index is -1.05. The van der Waals surface area contributed by atoms with Crippen molar-refractivity contribution in [2.45, 2.75) is 13.0 Å². The third kappa shape index (κ3) is 2.62. The van der Waals surface area contributed by atoms with Gasteiger partial charge in [0, 0.05) is 5.39 Å². The molecule has 0 aliphatic carbocycles. The molecule has 0 saturated carbocycles. The minimum absolute atomic E-state index is 0.129. The summed E-state index contributed by atoms with van der Waals surface area (Å²) in [6, 6.07) is 7.67. The standard InChI is InChI=1S/C13H13N3O3/c1-7(12(14)17)15-11-6-9(13(18)19)8-4-2-3-5-10(8)16-11/h2-7H,1H3,(H2,14,17)(H,15,16)(H,18,19). The van der Waals surface area contributed by atoms with E-state index in [9.17, 15) is 14.7 Å². The molecule has 1 heterocycles. The SMILES string of the molecule is CC(Nc1cc(C(=O)O)c2ccccc2n1)C(N)=O. The molecule has 1 atom stereocenters. The fraction of sp³-hybridized carbons (Fsp3) is 0.154. The number of amides is 1. The second-order valence-corrected chi connectivity index (χ2v) is 4.15. The Morgan fingerprint density at radius 1 is 1.37 bits per heavy atom. The highest BCUT2D eigenvalue weighted by atomic mass is 16.4. The summed E-state index contributed by atoms with van der Waals surface area (Å²) in [6.45, 7) is 1.58. The van der Waals surface area contributed by atoms with Crippen molar-refractivity contribution in [1.82, 2.24) is 4.98 Å². The van der Waals surface area contributed by atoms with Crippen molar-refractivity contribution in [3.63, 3.8) is 0 Å². The number of carbonyl (C=O) groups excluding carboxylic acids is 1. The summed E-state index contributed by atoms with van der Waals surface area (Å²) >= 11 is 0. The number of carbonyl (C=O) groups is 2. The predicted octanol–water partition coefficient (Wildman–Crippen LogP) is 1.22. The van der Waals surface area contributed by atoms with E-state index in [1.54, 1.807) is 31.2 Å². The lowest BCUT2D eigenvalue weighted by atomic mass is 10.1. The molecule has 0 fully saturated rings. The normalized spacial score (nSPS) is 12.1. The topological polar surface area (TPSA) is 105 Å². The molecule has 0 radical (unpaired) electrons. The molecular formula is C13H13N3O3. The van der Waals surface area contributed by atoms with Crippen LogP contribution in [0.1, 0.15) is 17.3 Å². The number of pyridine rings is 1. The van der Waals surface area contributed by atoms with Gasteiger partial charge in [0.25, 0.3) is 0 Å². The molecule has 6 heteroatoms. The number of benzene rings is 1. The van der Waals surface area contributed by atoms with Crippen molar-refractivity contribution in [1.29, 1.82) is 0 Å². The Bertz CT molecular complexity index is 655. The van der Waals surface area contributed by atoms with E-state index in [1.165, 1.54) is 6.07 Å². The van der Waals surface area contributed by atoms with E-state index in [4.69, 9.17) is 5.73 Å². The van der Waals surface area contributed by atoms with Crippen LogP contribution in [0.5, 0.6) is 0 Å². The molecule has 1 amide bonds. The number of hydrogen-bond donors (Lipinski definition) is 3. The van der Waals surface area contributed by atoms with Crippen LogP contribution >= 0.6 is 0 Å². The molecule has 19 heavy (non-hydrogen) atoms. The molecule has 1 aromatic carbocycles. The van der Waals surface area contributed by atoms with Gasteiger partial charge < -0.3 is 16.2 Å². The molecule has 2 aromatic rings. The maximum absolute atomic E-state index is 11.2. The van der Waals surface area contributed by atoms with Crippen LogP contribution in [0.15, 0.2) is 30.3 Å². The molecule has 0 spiro atoms. The number of carboxylic acid groups (broad SMARTS) is 1. The van der Waals surface area contributed by atoms with E-state index >= 15 is 0 Å². The summed E-state index contributed by atoms with van der Waals surface area (Å²) < 4.78 is 0. The van der Waals surface area contributed by atoms with Crippen LogP contribution < -0.4 is 11.1 Å². The zero-order chi connectivity index (χ0) is 14.0. The Morgan fingerprint density at radius 3 is 2.68 bits per heavy atom. The molecule has 1 aromatic heterocycles. The molecule has 0 aliphatic rings. The van der Waals surface area contributed by atoms with Gasteiger partial charge in [-0.2, -0.15) is 0 Å². The van der Waals surface area contributed by atoms with E-state index in [-0.39, 0.29) is 5.56 Å². The first-order chi connectivity index (χ1) is 8.99. The van der Waals surface area contributed by atoms with E-state index in [2.05, 4.69) is 10.3 Å². The Hall–Kier alpha value is -2.63. The lowest BCUT2D eigenvalue weighted by Crippen LogP contribution is -2.32. The maximum atomic E-state index is 11.2. The van der Waals surface area contributed by atoms with Crippen molar-refractivity contribution >= 4 is 28.6 Å². The number of nitrogens with two attached hydrogens (primary N) is 1. The van der Waals surface area contributed by atoms with Gasteiger partial charge in [0.05, 0.1) is 11.1 Å². The van der Waals surface area contributed by atoms with Gasteiger partial charge in [0.15, 0.2) is 0 Å². The number of primary amides is 1. The van der Waals surface area contributed by atoms with Gasteiger partial charge in [-0.15, -0.1) is 0 Å². The quantitative estimate of drug-likeness (QED) is 0.765. The zero-order valence-electron chi connectivity index (χ0n) is 10.3. The van der Waals surface area contributed by atoms with Crippen LogP contribution in [-0.4, -0.2) is 28.0 Å². The number of nitrogens with one attached hydrogen (secondary N) is 1. The van der Waals surface area contributed by atoms with Gasteiger partial charge in [-0.3, -0.25) is 4.79 Å². The number of carboxylic acids is 1. The van der Waals surface area contributed by atoms with Gasteiger partial charge in [-0.05, 0) is 19.1 Å². The van der Waals surface area contributed by atoms with Crippen LogP contribution in [0.4, 0.5) is 5.82 Å². The highest BCUT2D eigenvalue weighted by Gasteiger charge is 2.14. The van der Waals surface area contributed by atoms with Gasteiger partial charge in [-0.25, -0.2) is 9.78 Å². The third-order valence-electron chi connectivity index (χ3n) is 2.74. The number of aromatic carboxylic acids is 1. The molecular weight excluding hydrogens is 246 g/mol. The number of nitrogens with zero attached hydrogens (tertiary/aromatic N) is 1. The fourth-order valence-corrected chi connectivity index (χ4v) is 1.72. The first-order valence-corrected chi connectivity index (χ1v) is 5.68. The average Bonchev–Trinajstić information content (AvgIpc) is 2.37. The summed E-state index contributed by atoms with van der Waals surface area (Å²) in [5, 5.41) is 12.5. The lowest BCUT2D eigenvalue weighted by Gasteiger charge is -2.12. The Labute approximate surface area is 109 Å². The predicted molar refractivity (Wildman–Crippen MR) is 71.0 cm³/mol. The molecule has 98 valence electrons. The maximum Gasteiger partial charge on any atom is 0.336 e.